The Morgan fingerprint density at radius 3 is 2.53 bits per heavy atom. The molecule has 2 nitrogen and oxygen atoms in total. The molecule has 0 bridgehead atoms. The molecule has 2 aromatic carbocycles. The summed E-state index contributed by atoms with van der Waals surface area (Å²) in [6.07, 6.45) is 0. The van der Waals surface area contributed by atoms with Crippen molar-refractivity contribution in [2.24, 2.45) is 0 Å². The lowest BCUT2D eigenvalue weighted by molar-refractivity contribution is 1.40. The largest absolute Gasteiger partial charge is 0.397 e. The fourth-order valence-corrected chi connectivity index (χ4v) is 2.42. The molecule has 3 N–H and O–H groups in total. The van der Waals surface area contributed by atoms with Gasteiger partial charge in [0.2, 0.25) is 0 Å². The molecule has 0 aliphatic rings. The zero-order valence-electron chi connectivity index (χ0n) is 9.92. The molecular formula is C14H15BrN2. The summed E-state index contributed by atoms with van der Waals surface area (Å²) in [5, 5.41) is 3.37. The van der Waals surface area contributed by atoms with Crippen molar-refractivity contribution < 1.29 is 0 Å². The molecule has 0 spiro atoms. The van der Waals surface area contributed by atoms with Gasteiger partial charge in [-0.15, -0.1) is 0 Å². The first-order chi connectivity index (χ1) is 8.06. The van der Waals surface area contributed by atoms with Crippen molar-refractivity contribution in [3.8, 4) is 0 Å². The third-order valence-electron chi connectivity index (χ3n) is 2.62. The quantitative estimate of drug-likeness (QED) is 0.805. The van der Waals surface area contributed by atoms with Gasteiger partial charge in [-0.05, 0) is 49.2 Å². The molecule has 2 aromatic rings. The third kappa shape index (κ3) is 2.80. The molecule has 0 heterocycles. The molecule has 2 rings (SSSR count). The second-order valence-electron chi connectivity index (χ2n) is 4.18. The molecule has 3 heteroatoms. The number of nitrogens with two attached hydrogens (primary N) is 1. The van der Waals surface area contributed by atoms with Gasteiger partial charge < -0.3 is 11.1 Å². The van der Waals surface area contributed by atoms with Crippen molar-refractivity contribution >= 4 is 33.0 Å². The van der Waals surface area contributed by atoms with Crippen LogP contribution in [0.3, 0.4) is 0 Å². The molecule has 0 fully saturated rings. The van der Waals surface area contributed by atoms with E-state index in [4.69, 9.17) is 5.73 Å². The lowest BCUT2D eigenvalue weighted by atomic mass is 10.1. The maximum Gasteiger partial charge on any atom is 0.0647 e. The van der Waals surface area contributed by atoms with E-state index in [-0.39, 0.29) is 0 Å². The van der Waals surface area contributed by atoms with Crippen LogP contribution in [0.2, 0.25) is 0 Å². The highest BCUT2D eigenvalue weighted by Gasteiger charge is 2.03. The Labute approximate surface area is 110 Å². The number of rotatable bonds is 2. The number of nitrogens with one attached hydrogen (secondary N) is 1. The van der Waals surface area contributed by atoms with Gasteiger partial charge in [-0.25, -0.2) is 0 Å². The van der Waals surface area contributed by atoms with E-state index >= 15 is 0 Å². The molecule has 0 aliphatic carbocycles. The number of para-hydroxylation sites is 1. The lowest BCUT2D eigenvalue weighted by Crippen LogP contribution is -1.98. The summed E-state index contributed by atoms with van der Waals surface area (Å²) in [5.41, 5.74) is 11.1. The van der Waals surface area contributed by atoms with E-state index in [0.29, 0.717) is 0 Å². The normalized spacial score (nSPS) is 10.3. The molecule has 0 unspecified atom stereocenters. The summed E-state index contributed by atoms with van der Waals surface area (Å²) in [7, 11) is 0. The van der Waals surface area contributed by atoms with E-state index in [1.165, 1.54) is 5.56 Å². The van der Waals surface area contributed by atoms with Crippen LogP contribution in [0.1, 0.15) is 11.1 Å². The Bertz CT molecular complexity index is 509. The van der Waals surface area contributed by atoms with Crippen LogP contribution in [-0.4, -0.2) is 0 Å². The number of hydrogen-bond donors (Lipinski definition) is 2. The van der Waals surface area contributed by atoms with Crippen LogP contribution in [-0.2, 0) is 0 Å². The second-order valence-corrected chi connectivity index (χ2v) is 5.10. The molecular weight excluding hydrogens is 276 g/mol. The van der Waals surface area contributed by atoms with Crippen molar-refractivity contribution in [3.05, 3.63) is 52.0 Å². The maximum absolute atomic E-state index is 5.97. The van der Waals surface area contributed by atoms with Crippen LogP contribution >= 0.6 is 15.9 Å². The molecule has 0 aromatic heterocycles. The highest BCUT2D eigenvalue weighted by Crippen LogP contribution is 2.28. The summed E-state index contributed by atoms with van der Waals surface area (Å²) in [6, 6.07) is 12.1. The van der Waals surface area contributed by atoms with E-state index in [9.17, 15) is 0 Å². The van der Waals surface area contributed by atoms with Gasteiger partial charge in [-0.2, -0.15) is 0 Å². The molecule has 88 valence electrons. The van der Waals surface area contributed by atoms with Gasteiger partial charge in [-0.1, -0.05) is 28.1 Å². The van der Waals surface area contributed by atoms with Gasteiger partial charge in [0.05, 0.1) is 11.4 Å². The molecule has 17 heavy (non-hydrogen) atoms. The summed E-state index contributed by atoms with van der Waals surface area (Å²) in [6.45, 7) is 4.11. The molecule has 0 amide bonds. The molecule has 0 aliphatic heterocycles. The average molecular weight is 291 g/mol. The Morgan fingerprint density at radius 1 is 1.12 bits per heavy atom. The number of anilines is 3. The summed E-state index contributed by atoms with van der Waals surface area (Å²) in [4.78, 5) is 0. The standard InChI is InChI=1S/C14H15BrN2/c1-9-6-11(15)8-12(7-9)17-14-10(2)4-3-5-13(14)16/h3-8,17H,16H2,1-2H3. The van der Waals surface area contributed by atoms with Gasteiger partial charge in [0, 0.05) is 10.2 Å². The van der Waals surface area contributed by atoms with E-state index in [1.54, 1.807) is 0 Å². The predicted octanol–water partition coefficient (Wildman–Crippen LogP) is 4.39. The third-order valence-corrected chi connectivity index (χ3v) is 3.07. The number of hydrogen-bond acceptors (Lipinski definition) is 2. The Balaban J connectivity index is 2.38. The van der Waals surface area contributed by atoms with Gasteiger partial charge >= 0.3 is 0 Å². The second kappa shape index (κ2) is 4.80. The zero-order chi connectivity index (χ0) is 12.4. The number of nitrogen functional groups attached to an aromatic ring is 1. The van der Waals surface area contributed by atoms with Crippen LogP contribution < -0.4 is 11.1 Å². The molecule has 0 saturated heterocycles. The van der Waals surface area contributed by atoms with Gasteiger partial charge in [0.1, 0.15) is 0 Å². The van der Waals surface area contributed by atoms with Crippen molar-refractivity contribution in [1.29, 1.82) is 0 Å². The SMILES string of the molecule is Cc1cc(Br)cc(Nc2c(C)cccc2N)c1. The molecule has 0 atom stereocenters. The minimum absolute atomic E-state index is 0.766. The number of aryl methyl sites for hydroxylation is 2. The van der Waals surface area contributed by atoms with Crippen LogP contribution in [0.4, 0.5) is 17.1 Å². The summed E-state index contributed by atoms with van der Waals surface area (Å²) < 4.78 is 1.06. The average Bonchev–Trinajstić information content (AvgIpc) is 2.22. The summed E-state index contributed by atoms with van der Waals surface area (Å²) >= 11 is 3.49. The highest BCUT2D eigenvalue weighted by molar-refractivity contribution is 9.10. The van der Waals surface area contributed by atoms with Crippen molar-refractivity contribution in [3.63, 3.8) is 0 Å². The summed E-state index contributed by atoms with van der Waals surface area (Å²) in [5.74, 6) is 0. The minimum Gasteiger partial charge on any atom is -0.397 e. The number of benzene rings is 2. The van der Waals surface area contributed by atoms with E-state index in [2.05, 4.69) is 40.3 Å². The van der Waals surface area contributed by atoms with Crippen LogP contribution in [0.15, 0.2) is 40.9 Å². The van der Waals surface area contributed by atoms with Gasteiger partial charge in [0.25, 0.3) is 0 Å². The molecule has 0 saturated carbocycles. The lowest BCUT2D eigenvalue weighted by Gasteiger charge is -2.13. The Kier molecular flexibility index (Phi) is 3.38. The van der Waals surface area contributed by atoms with Crippen molar-refractivity contribution in [2.45, 2.75) is 13.8 Å². The topological polar surface area (TPSA) is 38.0 Å². The van der Waals surface area contributed by atoms with Crippen molar-refractivity contribution in [1.82, 2.24) is 0 Å². The first-order valence-electron chi connectivity index (χ1n) is 5.45. The van der Waals surface area contributed by atoms with Crippen LogP contribution in [0.25, 0.3) is 0 Å². The smallest absolute Gasteiger partial charge is 0.0647 e. The Morgan fingerprint density at radius 2 is 1.88 bits per heavy atom. The van der Waals surface area contributed by atoms with Crippen LogP contribution in [0.5, 0.6) is 0 Å². The fourth-order valence-electron chi connectivity index (χ4n) is 1.81. The predicted molar refractivity (Wildman–Crippen MR) is 77.8 cm³/mol. The van der Waals surface area contributed by atoms with E-state index < -0.39 is 0 Å². The first kappa shape index (κ1) is 12.0. The van der Waals surface area contributed by atoms with Gasteiger partial charge in [-0.3, -0.25) is 0 Å². The maximum atomic E-state index is 5.97. The fraction of sp³-hybridized carbons (Fsp3) is 0.143. The van der Waals surface area contributed by atoms with Gasteiger partial charge in [0.15, 0.2) is 0 Å². The van der Waals surface area contributed by atoms with Crippen LogP contribution in [0, 0.1) is 13.8 Å². The minimum atomic E-state index is 0.766. The number of halogens is 1. The Hall–Kier alpha value is -1.48. The zero-order valence-corrected chi connectivity index (χ0v) is 11.5. The first-order valence-corrected chi connectivity index (χ1v) is 6.25. The molecule has 0 radical (unpaired) electrons. The van der Waals surface area contributed by atoms with Crippen molar-refractivity contribution in [2.75, 3.05) is 11.1 Å². The monoisotopic (exact) mass is 290 g/mol. The van der Waals surface area contributed by atoms with E-state index in [0.717, 1.165) is 27.1 Å². The van der Waals surface area contributed by atoms with E-state index in [1.807, 2.05) is 31.2 Å². The highest BCUT2D eigenvalue weighted by atomic mass is 79.9.